The Hall–Kier alpha value is -0.810. The van der Waals surface area contributed by atoms with Crippen molar-refractivity contribution in [2.45, 2.75) is 4.90 Å². The highest BCUT2D eigenvalue weighted by Crippen LogP contribution is 2.30. The molecule has 0 saturated heterocycles. The Bertz CT molecular complexity index is 291. The van der Waals surface area contributed by atoms with Crippen molar-refractivity contribution in [3.63, 3.8) is 0 Å². The Morgan fingerprint density at radius 1 is 1.58 bits per heavy atom. The number of nitrogen functional groups attached to an aromatic ring is 1. The summed E-state index contributed by atoms with van der Waals surface area (Å²) in [5.41, 5.74) is 6.15. The molecular weight excluding hydrogens is 194 g/mol. The van der Waals surface area contributed by atoms with Crippen LogP contribution in [0.5, 0.6) is 5.75 Å². The summed E-state index contributed by atoms with van der Waals surface area (Å²) in [6, 6.07) is 4.97. The summed E-state index contributed by atoms with van der Waals surface area (Å²) in [4.78, 5) is 10.8. The zero-order valence-corrected chi connectivity index (χ0v) is 7.77. The maximum absolute atomic E-state index is 9.96. The lowest BCUT2D eigenvalue weighted by Gasteiger charge is -2.02. The minimum atomic E-state index is 0.363. The topological polar surface area (TPSA) is 52.3 Å². The molecule has 0 aliphatic heterocycles. The van der Waals surface area contributed by atoms with Gasteiger partial charge in [0.25, 0.3) is 6.47 Å². The average Bonchev–Trinajstić information content (AvgIpc) is 2.05. The van der Waals surface area contributed by atoms with Crippen LogP contribution in [-0.4, -0.2) is 6.47 Å². The highest BCUT2D eigenvalue weighted by Gasteiger charge is 1.99. The number of anilines is 1. The quantitative estimate of drug-likeness (QED) is 0.338. The molecule has 0 aromatic heterocycles. The number of hydrogen-bond acceptors (Lipinski definition) is 5. The standard InChI is InChI=1S/C7H7NO2S2/c8-6-3-5(10-4-9)1-2-7(6)12-11/h1-4,11H,8H2. The minimum absolute atomic E-state index is 0.363. The van der Waals surface area contributed by atoms with E-state index in [1.54, 1.807) is 18.2 Å². The molecule has 0 saturated carbocycles. The molecule has 0 aliphatic carbocycles. The van der Waals surface area contributed by atoms with Crippen molar-refractivity contribution in [1.82, 2.24) is 0 Å². The third-order valence-corrected chi connectivity index (χ3v) is 2.42. The summed E-state index contributed by atoms with van der Waals surface area (Å²) in [5.74, 6) is 0.439. The highest BCUT2D eigenvalue weighted by molar-refractivity contribution is 8.68. The van der Waals surface area contributed by atoms with E-state index in [0.717, 1.165) is 4.90 Å². The third-order valence-electron chi connectivity index (χ3n) is 1.26. The smallest absolute Gasteiger partial charge is 0.298 e. The Morgan fingerprint density at radius 3 is 2.83 bits per heavy atom. The van der Waals surface area contributed by atoms with Crippen molar-refractivity contribution in [2.75, 3.05) is 5.73 Å². The number of thiol groups is 1. The van der Waals surface area contributed by atoms with Crippen molar-refractivity contribution >= 4 is 34.6 Å². The molecule has 0 heterocycles. The van der Waals surface area contributed by atoms with E-state index in [1.165, 1.54) is 10.8 Å². The summed E-state index contributed by atoms with van der Waals surface area (Å²) in [6.07, 6.45) is 0. The maximum atomic E-state index is 9.96. The van der Waals surface area contributed by atoms with Gasteiger partial charge in [0.05, 0.1) is 0 Å². The summed E-state index contributed by atoms with van der Waals surface area (Å²) < 4.78 is 4.59. The van der Waals surface area contributed by atoms with E-state index in [9.17, 15) is 4.79 Å². The number of carbonyl (C=O) groups excluding carboxylic acids is 1. The van der Waals surface area contributed by atoms with Crippen LogP contribution in [0, 0.1) is 0 Å². The fraction of sp³-hybridized carbons (Fsp3) is 0. The molecule has 5 heteroatoms. The normalized spacial score (nSPS) is 9.42. The summed E-state index contributed by atoms with van der Waals surface area (Å²) in [7, 11) is 1.25. The van der Waals surface area contributed by atoms with Gasteiger partial charge in [-0.2, -0.15) is 0 Å². The van der Waals surface area contributed by atoms with E-state index in [0.29, 0.717) is 17.9 Å². The molecule has 0 bridgehead atoms. The van der Waals surface area contributed by atoms with Crippen LogP contribution in [-0.2, 0) is 4.79 Å². The zero-order valence-electron chi connectivity index (χ0n) is 6.06. The number of carbonyl (C=O) groups is 1. The van der Waals surface area contributed by atoms with Crippen LogP contribution in [0.2, 0.25) is 0 Å². The van der Waals surface area contributed by atoms with Gasteiger partial charge >= 0.3 is 0 Å². The van der Waals surface area contributed by atoms with Crippen molar-refractivity contribution in [2.24, 2.45) is 0 Å². The number of benzene rings is 1. The van der Waals surface area contributed by atoms with Crippen LogP contribution < -0.4 is 10.5 Å². The molecule has 0 amide bonds. The zero-order chi connectivity index (χ0) is 8.97. The second-order valence-corrected chi connectivity index (χ2v) is 3.18. The van der Waals surface area contributed by atoms with Crippen LogP contribution in [0.15, 0.2) is 23.1 Å². The molecule has 0 aliphatic rings. The molecule has 0 fully saturated rings. The van der Waals surface area contributed by atoms with Crippen LogP contribution in [0.4, 0.5) is 5.69 Å². The fourth-order valence-electron chi connectivity index (χ4n) is 0.739. The number of hydrogen-bond donors (Lipinski definition) is 2. The van der Waals surface area contributed by atoms with Crippen molar-refractivity contribution < 1.29 is 9.53 Å². The van der Waals surface area contributed by atoms with Gasteiger partial charge in [-0.1, -0.05) is 10.8 Å². The van der Waals surface area contributed by atoms with E-state index >= 15 is 0 Å². The number of nitrogens with two attached hydrogens (primary N) is 1. The Kier molecular flexibility index (Phi) is 3.31. The van der Waals surface area contributed by atoms with Crippen LogP contribution >= 0.6 is 22.5 Å². The molecule has 2 N–H and O–H groups in total. The van der Waals surface area contributed by atoms with E-state index in [4.69, 9.17) is 5.73 Å². The first-order valence-corrected chi connectivity index (χ1v) is 4.96. The molecule has 1 rings (SSSR count). The minimum Gasteiger partial charge on any atom is -0.429 e. The third kappa shape index (κ3) is 2.09. The van der Waals surface area contributed by atoms with Gasteiger partial charge in [0.1, 0.15) is 5.75 Å². The summed E-state index contributed by atoms with van der Waals surface area (Å²) >= 11 is 3.99. The molecule has 1 aromatic carbocycles. The monoisotopic (exact) mass is 201 g/mol. The van der Waals surface area contributed by atoms with Gasteiger partial charge in [-0.05, 0) is 12.1 Å². The molecule has 0 spiro atoms. The molecule has 64 valence electrons. The van der Waals surface area contributed by atoms with E-state index in [-0.39, 0.29) is 0 Å². The first-order valence-electron chi connectivity index (χ1n) is 3.09. The van der Waals surface area contributed by atoms with Crippen LogP contribution in [0.3, 0.4) is 0 Å². The van der Waals surface area contributed by atoms with Gasteiger partial charge in [0, 0.05) is 16.6 Å². The second kappa shape index (κ2) is 4.27. The Labute approximate surface area is 79.1 Å². The van der Waals surface area contributed by atoms with Crippen molar-refractivity contribution in [3.05, 3.63) is 18.2 Å². The van der Waals surface area contributed by atoms with Gasteiger partial charge in [-0.15, -0.1) is 11.7 Å². The predicted molar refractivity (Wildman–Crippen MR) is 52.4 cm³/mol. The average molecular weight is 201 g/mol. The van der Waals surface area contributed by atoms with Gasteiger partial charge in [-0.25, -0.2) is 0 Å². The highest BCUT2D eigenvalue weighted by atomic mass is 33.1. The van der Waals surface area contributed by atoms with Crippen LogP contribution in [0.25, 0.3) is 0 Å². The van der Waals surface area contributed by atoms with Gasteiger partial charge in [0.15, 0.2) is 0 Å². The van der Waals surface area contributed by atoms with E-state index < -0.39 is 0 Å². The SMILES string of the molecule is Nc1cc(OC=O)ccc1SS. The molecule has 0 atom stereocenters. The first kappa shape index (κ1) is 9.28. The molecule has 1 aromatic rings. The molecule has 0 radical (unpaired) electrons. The Morgan fingerprint density at radius 2 is 2.33 bits per heavy atom. The molecule has 12 heavy (non-hydrogen) atoms. The maximum Gasteiger partial charge on any atom is 0.298 e. The van der Waals surface area contributed by atoms with E-state index in [1.807, 2.05) is 0 Å². The second-order valence-electron chi connectivity index (χ2n) is 2.00. The molecule has 0 unspecified atom stereocenters. The number of rotatable bonds is 3. The van der Waals surface area contributed by atoms with Crippen LogP contribution in [0.1, 0.15) is 0 Å². The fourth-order valence-corrected chi connectivity index (χ4v) is 1.53. The molecular formula is C7H7NO2S2. The van der Waals surface area contributed by atoms with Gasteiger partial charge < -0.3 is 10.5 Å². The molecule has 3 nitrogen and oxygen atoms in total. The largest absolute Gasteiger partial charge is 0.429 e. The van der Waals surface area contributed by atoms with Gasteiger partial charge in [-0.3, -0.25) is 4.79 Å². The summed E-state index contributed by atoms with van der Waals surface area (Å²) in [5, 5.41) is 0. The van der Waals surface area contributed by atoms with E-state index in [2.05, 4.69) is 16.4 Å². The number of ether oxygens (including phenoxy) is 1. The Balaban J connectivity index is 2.93. The lowest BCUT2D eigenvalue weighted by atomic mass is 10.3. The lowest BCUT2D eigenvalue weighted by Crippen LogP contribution is -1.92. The first-order chi connectivity index (χ1) is 5.77. The predicted octanol–water partition coefficient (Wildman–Crippen LogP) is 1.74. The summed E-state index contributed by atoms with van der Waals surface area (Å²) in [6.45, 7) is 0.363. The van der Waals surface area contributed by atoms with Gasteiger partial charge in [0.2, 0.25) is 0 Å². The van der Waals surface area contributed by atoms with Crippen molar-refractivity contribution in [1.29, 1.82) is 0 Å². The lowest BCUT2D eigenvalue weighted by molar-refractivity contribution is -0.120. The van der Waals surface area contributed by atoms with Crippen molar-refractivity contribution in [3.8, 4) is 5.75 Å².